The minimum absolute atomic E-state index is 0.270. The summed E-state index contributed by atoms with van der Waals surface area (Å²) in [6.07, 6.45) is 4.10. The maximum absolute atomic E-state index is 11.2. The lowest BCUT2D eigenvalue weighted by Crippen LogP contribution is -2.26. The van der Waals surface area contributed by atoms with Crippen molar-refractivity contribution in [1.29, 1.82) is 0 Å². The van der Waals surface area contributed by atoms with E-state index in [-0.39, 0.29) is 6.10 Å². The standard InChI is InChI=1S/C16H22O4/c1-16(2,15(17)18)10-11-7-8-13(19-3)14(9-11)20-12-5-4-6-12/h7-9,12H,4-6,10H2,1-3H3,(H,17,18). The Morgan fingerprint density at radius 1 is 1.35 bits per heavy atom. The molecule has 0 radical (unpaired) electrons. The minimum Gasteiger partial charge on any atom is -0.493 e. The molecule has 0 aromatic heterocycles. The van der Waals surface area contributed by atoms with Gasteiger partial charge in [0.15, 0.2) is 11.5 Å². The van der Waals surface area contributed by atoms with E-state index in [0.29, 0.717) is 12.2 Å². The zero-order chi connectivity index (χ0) is 14.8. The molecule has 1 aromatic rings. The van der Waals surface area contributed by atoms with Gasteiger partial charge in [0.1, 0.15) is 0 Å². The largest absolute Gasteiger partial charge is 0.493 e. The molecule has 0 amide bonds. The third kappa shape index (κ3) is 3.24. The highest BCUT2D eigenvalue weighted by Gasteiger charge is 2.28. The number of carboxylic acid groups (broad SMARTS) is 1. The Morgan fingerprint density at radius 3 is 2.55 bits per heavy atom. The summed E-state index contributed by atoms with van der Waals surface area (Å²) in [6, 6.07) is 5.65. The van der Waals surface area contributed by atoms with Crippen LogP contribution in [0.5, 0.6) is 11.5 Å². The molecule has 2 rings (SSSR count). The summed E-state index contributed by atoms with van der Waals surface area (Å²) in [4.78, 5) is 11.2. The molecule has 1 aliphatic rings. The van der Waals surface area contributed by atoms with E-state index < -0.39 is 11.4 Å². The van der Waals surface area contributed by atoms with Crippen LogP contribution in [0.15, 0.2) is 18.2 Å². The van der Waals surface area contributed by atoms with Crippen LogP contribution in [0.1, 0.15) is 38.7 Å². The van der Waals surface area contributed by atoms with Crippen molar-refractivity contribution in [2.24, 2.45) is 5.41 Å². The first-order chi connectivity index (χ1) is 9.42. The molecule has 1 saturated carbocycles. The topological polar surface area (TPSA) is 55.8 Å². The molecule has 1 aliphatic carbocycles. The smallest absolute Gasteiger partial charge is 0.309 e. The van der Waals surface area contributed by atoms with Gasteiger partial charge in [0, 0.05) is 0 Å². The second-order valence-corrected chi connectivity index (χ2v) is 6.02. The van der Waals surface area contributed by atoms with Crippen molar-refractivity contribution in [3.05, 3.63) is 23.8 Å². The molecule has 110 valence electrons. The Bertz CT molecular complexity index is 489. The van der Waals surface area contributed by atoms with Gasteiger partial charge in [0.2, 0.25) is 0 Å². The van der Waals surface area contributed by atoms with Crippen molar-refractivity contribution in [3.63, 3.8) is 0 Å². The van der Waals surface area contributed by atoms with Crippen LogP contribution in [-0.4, -0.2) is 24.3 Å². The summed E-state index contributed by atoms with van der Waals surface area (Å²) in [7, 11) is 1.61. The quantitative estimate of drug-likeness (QED) is 0.867. The predicted octanol–water partition coefficient (Wildman–Crippen LogP) is 3.28. The summed E-state index contributed by atoms with van der Waals surface area (Å²) in [5.74, 6) is 0.624. The second kappa shape index (κ2) is 5.73. The van der Waals surface area contributed by atoms with Gasteiger partial charge in [-0.15, -0.1) is 0 Å². The average Bonchev–Trinajstić information content (AvgIpc) is 2.33. The summed E-state index contributed by atoms with van der Waals surface area (Å²) < 4.78 is 11.2. The molecule has 0 heterocycles. The van der Waals surface area contributed by atoms with Gasteiger partial charge in [0.05, 0.1) is 18.6 Å². The number of ether oxygens (including phenoxy) is 2. The molecule has 1 aromatic carbocycles. The number of benzene rings is 1. The zero-order valence-electron chi connectivity index (χ0n) is 12.3. The highest BCUT2D eigenvalue weighted by Crippen LogP contribution is 2.34. The van der Waals surface area contributed by atoms with Crippen LogP contribution in [0.4, 0.5) is 0 Å². The minimum atomic E-state index is -0.797. The Balaban J connectivity index is 2.17. The van der Waals surface area contributed by atoms with E-state index in [1.54, 1.807) is 21.0 Å². The van der Waals surface area contributed by atoms with E-state index in [2.05, 4.69) is 0 Å². The van der Waals surface area contributed by atoms with Crippen molar-refractivity contribution < 1.29 is 19.4 Å². The fourth-order valence-corrected chi connectivity index (χ4v) is 2.18. The molecule has 0 spiro atoms. The monoisotopic (exact) mass is 278 g/mol. The number of carbonyl (C=O) groups is 1. The molecule has 4 nitrogen and oxygen atoms in total. The number of aliphatic carboxylic acids is 1. The molecule has 1 N–H and O–H groups in total. The van der Waals surface area contributed by atoms with Gasteiger partial charge in [-0.1, -0.05) is 6.07 Å². The van der Waals surface area contributed by atoms with Crippen LogP contribution < -0.4 is 9.47 Å². The fourth-order valence-electron chi connectivity index (χ4n) is 2.18. The van der Waals surface area contributed by atoms with Crippen LogP contribution >= 0.6 is 0 Å². The summed E-state index contributed by atoms with van der Waals surface area (Å²) >= 11 is 0. The second-order valence-electron chi connectivity index (χ2n) is 6.02. The van der Waals surface area contributed by atoms with E-state index in [9.17, 15) is 9.90 Å². The molecule has 1 fully saturated rings. The SMILES string of the molecule is COc1ccc(CC(C)(C)C(=O)O)cc1OC1CCC1. The molecule has 0 aliphatic heterocycles. The summed E-state index contributed by atoms with van der Waals surface area (Å²) in [5, 5.41) is 9.21. The molecule has 0 atom stereocenters. The zero-order valence-corrected chi connectivity index (χ0v) is 12.3. The normalized spacial score (nSPS) is 15.6. The van der Waals surface area contributed by atoms with E-state index in [1.165, 1.54) is 6.42 Å². The first-order valence-electron chi connectivity index (χ1n) is 6.99. The lowest BCUT2D eigenvalue weighted by atomic mass is 9.86. The Morgan fingerprint density at radius 2 is 2.05 bits per heavy atom. The van der Waals surface area contributed by atoms with E-state index in [0.717, 1.165) is 24.2 Å². The van der Waals surface area contributed by atoms with Crippen LogP contribution in [0.3, 0.4) is 0 Å². The van der Waals surface area contributed by atoms with Crippen LogP contribution in [-0.2, 0) is 11.2 Å². The van der Waals surface area contributed by atoms with Crippen molar-refractivity contribution in [2.75, 3.05) is 7.11 Å². The molecule has 0 saturated heterocycles. The van der Waals surface area contributed by atoms with Crippen molar-refractivity contribution in [2.45, 2.75) is 45.6 Å². The highest BCUT2D eigenvalue weighted by molar-refractivity contribution is 5.74. The Kier molecular flexibility index (Phi) is 4.21. The predicted molar refractivity (Wildman–Crippen MR) is 76.4 cm³/mol. The van der Waals surface area contributed by atoms with Gasteiger partial charge in [-0.05, 0) is 57.2 Å². The van der Waals surface area contributed by atoms with E-state index in [1.807, 2.05) is 18.2 Å². The van der Waals surface area contributed by atoms with Gasteiger partial charge in [-0.3, -0.25) is 4.79 Å². The van der Waals surface area contributed by atoms with Crippen LogP contribution in [0.2, 0.25) is 0 Å². The van der Waals surface area contributed by atoms with Gasteiger partial charge in [-0.2, -0.15) is 0 Å². The lowest BCUT2D eigenvalue weighted by molar-refractivity contribution is -0.146. The number of hydrogen-bond donors (Lipinski definition) is 1. The molecule has 0 bridgehead atoms. The molecular formula is C16H22O4. The van der Waals surface area contributed by atoms with Crippen LogP contribution in [0, 0.1) is 5.41 Å². The van der Waals surface area contributed by atoms with Crippen molar-refractivity contribution in [1.82, 2.24) is 0 Å². The highest BCUT2D eigenvalue weighted by atomic mass is 16.5. The average molecular weight is 278 g/mol. The van der Waals surface area contributed by atoms with Gasteiger partial charge in [-0.25, -0.2) is 0 Å². The van der Waals surface area contributed by atoms with E-state index in [4.69, 9.17) is 9.47 Å². The molecule has 20 heavy (non-hydrogen) atoms. The van der Waals surface area contributed by atoms with Gasteiger partial charge in [0.25, 0.3) is 0 Å². The number of methoxy groups -OCH3 is 1. The first-order valence-corrected chi connectivity index (χ1v) is 6.99. The molecule has 4 heteroatoms. The number of carboxylic acids is 1. The number of hydrogen-bond acceptors (Lipinski definition) is 3. The van der Waals surface area contributed by atoms with Crippen molar-refractivity contribution in [3.8, 4) is 11.5 Å². The third-order valence-corrected chi connectivity index (χ3v) is 3.80. The summed E-state index contributed by atoms with van der Waals surface area (Å²) in [5.41, 5.74) is 0.162. The first kappa shape index (κ1) is 14.7. The molecular weight excluding hydrogens is 256 g/mol. The molecule has 0 unspecified atom stereocenters. The lowest BCUT2D eigenvalue weighted by Gasteiger charge is -2.27. The number of rotatable bonds is 6. The van der Waals surface area contributed by atoms with E-state index >= 15 is 0 Å². The Labute approximate surface area is 119 Å². The van der Waals surface area contributed by atoms with Crippen LogP contribution in [0.25, 0.3) is 0 Å². The maximum atomic E-state index is 11.2. The van der Waals surface area contributed by atoms with Gasteiger partial charge < -0.3 is 14.6 Å². The third-order valence-electron chi connectivity index (χ3n) is 3.80. The van der Waals surface area contributed by atoms with Crippen molar-refractivity contribution >= 4 is 5.97 Å². The Hall–Kier alpha value is -1.71. The maximum Gasteiger partial charge on any atom is 0.309 e. The fraction of sp³-hybridized carbons (Fsp3) is 0.562. The summed E-state index contributed by atoms with van der Waals surface area (Å²) in [6.45, 7) is 3.46. The van der Waals surface area contributed by atoms with Gasteiger partial charge >= 0.3 is 5.97 Å².